The highest BCUT2D eigenvalue weighted by Gasteiger charge is 2.34. The number of likely N-dealkylation sites (tertiary alicyclic amines) is 1. The van der Waals surface area contributed by atoms with Crippen molar-refractivity contribution in [3.05, 3.63) is 70.8 Å². The number of rotatable bonds is 13. The van der Waals surface area contributed by atoms with Gasteiger partial charge in [-0.3, -0.25) is 14.5 Å². The minimum absolute atomic E-state index is 0.0788. The van der Waals surface area contributed by atoms with E-state index in [1.807, 2.05) is 38.1 Å². The molecule has 0 aliphatic carbocycles. The maximum Gasteiger partial charge on any atom is 0.472 e. The van der Waals surface area contributed by atoms with Crippen molar-refractivity contribution in [3.63, 3.8) is 0 Å². The van der Waals surface area contributed by atoms with Gasteiger partial charge in [-0.15, -0.1) is 0 Å². The van der Waals surface area contributed by atoms with Crippen molar-refractivity contribution in [1.82, 2.24) is 20.4 Å². The van der Waals surface area contributed by atoms with Gasteiger partial charge < -0.3 is 30.7 Å². The van der Waals surface area contributed by atoms with E-state index in [0.717, 1.165) is 17.2 Å². The van der Waals surface area contributed by atoms with Crippen LogP contribution in [0.15, 0.2) is 42.5 Å². The number of carbonyl (C=O) groups excluding carboxylic acids is 2. The van der Waals surface area contributed by atoms with Crippen molar-refractivity contribution < 1.29 is 38.3 Å². The number of carboxylic acid groups (broad SMARTS) is 1. The number of carbonyl (C=O) groups is 3. The number of fused-ring (bicyclic) bond motifs is 1. The molecule has 0 bridgehead atoms. The zero-order chi connectivity index (χ0) is 35.9. The lowest BCUT2D eigenvalue weighted by Gasteiger charge is -2.24. The van der Waals surface area contributed by atoms with E-state index in [2.05, 4.69) is 24.5 Å². The van der Waals surface area contributed by atoms with E-state index in [0.29, 0.717) is 38.0 Å². The summed E-state index contributed by atoms with van der Waals surface area (Å²) >= 11 is 0. The number of unbranched alkanes of at least 4 members (excludes halogenated alkanes) is 6. The fourth-order valence-electron chi connectivity index (χ4n) is 5.27. The molecule has 2 aromatic rings. The molecule has 3 amide bonds. The van der Waals surface area contributed by atoms with Crippen LogP contribution in [-0.4, -0.2) is 75.6 Å². The SMILES string of the molecule is CC.CCCCCCCCC.O=C(NCB(O)O)C1CCCN1C(=O)CNCc1cc(F)cc(F)c1.O=C(O)N1Cc2ccccc2C1. The zero-order valence-corrected chi connectivity index (χ0v) is 29.0. The molecule has 2 heterocycles. The van der Waals surface area contributed by atoms with Crippen molar-refractivity contribution in [2.24, 2.45) is 0 Å². The highest BCUT2D eigenvalue weighted by Crippen LogP contribution is 2.21. The van der Waals surface area contributed by atoms with Gasteiger partial charge in [0.15, 0.2) is 0 Å². The van der Waals surface area contributed by atoms with Crippen molar-refractivity contribution in [3.8, 4) is 0 Å². The number of amides is 3. The third kappa shape index (κ3) is 16.5. The van der Waals surface area contributed by atoms with Crippen LogP contribution < -0.4 is 10.6 Å². The molecular formula is C35H55BF2N4O6. The molecule has 0 spiro atoms. The fourth-order valence-corrected chi connectivity index (χ4v) is 5.27. The largest absolute Gasteiger partial charge is 0.472 e. The normalized spacial score (nSPS) is 14.4. The van der Waals surface area contributed by atoms with E-state index in [-0.39, 0.29) is 25.4 Å². The second kappa shape index (κ2) is 24.6. The average molecular weight is 677 g/mol. The van der Waals surface area contributed by atoms with E-state index in [1.54, 1.807) is 0 Å². The standard InChI is InChI=1S/C15H20BF2N3O4.C9H9NO2.C9H20.C2H6/c17-11-4-10(5-12(18)6-11)7-19-8-14(22)21-3-1-2-13(21)15(23)20-9-16(24)25;11-9(12)10-5-7-3-1-2-4-8(7)6-10;1-3-5-7-9-8-6-4-2;1-2/h4-6,13,19,24-25H,1-3,7-9H2,(H,20,23);1-4H,5-6H2,(H,11,12);3-9H2,1-2H3;1-2H3. The van der Waals surface area contributed by atoms with Gasteiger partial charge in [-0.25, -0.2) is 13.6 Å². The molecule has 10 nitrogen and oxygen atoms in total. The molecule has 1 atom stereocenters. The Morgan fingerprint density at radius 3 is 1.94 bits per heavy atom. The Labute approximate surface area is 285 Å². The summed E-state index contributed by atoms with van der Waals surface area (Å²) in [6.07, 6.45) is 9.99. The second-order valence-electron chi connectivity index (χ2n) is 11.5. The van der Waals surface area contributed by atoms with E-state index in [1.165, 1.54) is 66.9 Å². The van der Waals surface area contributed by atoms with Gasteiger partial charge in [-0.1, -0.05) is 96.9 Å². The maximum absolute atomic E-state index is 13.1. The summed E-state index contributed by atoms with van der Waals surface area (Å²) in [6.45, 7) is 10.1. The first-order valence-electron chi connectivity index (χ1n) is 17.2. The number of hydrogen-bond donors (Lipinski definition) is 5. The number of nitrogens with one attached hydrogen (secondary N) is 2. The molecule has 0 aromatic heterocycles. The molecular weight excluding hydrogens is 621 g/mol. The number of hydrogen-bond acceptors (Lipinski definition) is 6. The minimum atomic E-state index is -1.65. The van der Waals surface area contributed by atoms with Gasteiger partial charge in [-0.2, -0.15) is 0 Å². The Bertz CT molecular complexity index is 1190. The Balaban J connectivity index is 0.000000412. The molecule has 0 radical (unpaired) electrons. The first-order chi connectivity index (χ1) is 23.0. The first-order valence-corrected chi connectivity index (χ1v) is 17.2. The molecule has 4 rings (SSSR count). The molecule has 2 aliphatic heterocycles. The fraction of sp³-hybridized carbons (Fsp3) is 0.571. The summed E-state index contributed by atoms with van der Waals surface area (Å²) in [7, 11) is -1.65. The lowest BCUT2D eigenvalue weighted by molar-refractivity contribution is -0.137. The van der Waals surface area contributed by atoms with E-state index in [9.17, 15) is 23.2 Å². The summed E-state index contributed by atoms with van der Waals surface area (Å²) in [5.74, 6) is -2.12. The van der Waals surface area contributed by atoms with Crippen LogP contribution in [0.4, 0.5) is 13.6 Å². The third-order valence-electron chi connectivity index (χ3n) is 7.68. The van der Waals surface area contributed by atoms with Gasteiger partial charge in [0.25, 0.3) is 0 Å². The van der Waals surface area contributed by atoms with Gasteiger partial charge in [0, 0.05) is 32.2 Å². The van der Waals surface area contributed by atoms with E-state index >= 15 is 0 Å². The van der Waals surface area contributed by atoms with Gasteiger partial charge in [0.05, 0.1) is 13.0 Å². The lowest BCUT2D eigenvalue weighted by Crippen LogP contribution is -2.50. The monoisotopic (exact) mass is 676 g/mol. The Hall–Kier alpha value is -3.55. The lowest BCUT2D eigenvalue weighted by atomic mass is 9.92. The highest BCUT2D eigenvalue weighted by atomic mass is 19.1. The average Bonchev–Trinajstić information content (AvgIpc) is 3.73. The Morgan fingerprint density at radius 2 is 1.44 bits per heavy atom. The summed E-state index contributed by atoms with van der Waals surface area (Å²) in [5, 5.41) is 31.4. The van der Waals surface area contributed by atoms with Crippen LogP contribution in [0, 0.1) is 11.6 Å². The smallest absolute Gasteiger partial charge is 0.465 e. The summed E-state index contributed by atoms with van der Waals surface area (Å²) in [5.41, 5.74) is 2.62. The molecule has 13 heteroatoms. The quantitative estimate of drug-likeness (QED) is 0.137. The molecule has 1 saturated heterocycles. The van der Waals surface area contributed by atoms with Crippen LogP contribution in [0.25, 0.3) is 0 Å². The van der Waals surface area contributed by atoms with Crippen LogP contribution in [0.2, 0.25) is 0 Å². The molecule has 48 heavy (non-hydrogen) atoms. The van der Waals surface area contributed by atoms with Crippen LogP contribution in [0.5, 0.6) is 0 Å². The molecule has 268 valence electrons. The topological polar surface area (TPSA) is 142 Å². The van der Waals surface area contributed by atoms with Crippen molar-refractivity contribution >= 4 is 25.0 Å². The second-order valence-corrected chi connectivity index (χ2v) is 11.5. The summed E-state index contributed by atoms with van der Waals surface area (Å²) in [4.78, 5) is 37.7. The van der Waals surface area contributed by atoms with Crippen LogP contribution in [-0.2, 0) is 29.2 Å². The number of nitrogens with zero attached hydrogens (tertiary/aromatic N) is 2. The summed E-state index contributed by atoms with van der Waals surface area (Å²) in [6, 6.07) is 10.3. The van der Waals surface area contributed by atoms with Gasteiger partial charge >= 0.3 is 13.2 Å². The first kappa shape index (κ1) is 42.5. The van der Waals surface area contributed by atoms with E-state index in [4.69, 9.17) is 15.2 Å². The predicted molar refractivity (Wildman–Crippen MR) is 185 cm³/mol. The molecule has 5 N–H and O–H groups in total. The minimum Gasteiger partial charge on any atom is -0.465 e. The van der Waals surface area contributed by atoms with Gasteiger partial charge in [0.2, 0.25) is 11.8 Å². The summed E-state index contributed by atoms with van der Waals surface area (Å²) < 4.78 is 26.2. The van der Waals surface area contributed by atoms with Gasteiger partial charge in [-0.05, 0) is 41.7 Å². The highest BCUT2D eigenvalue weighted by molar-refractivity contribution is 6.41. The predicted octanol–water partition coefficient (Wildman–Crippen LogP) is 5.64. The van der Waals surface area contributed by atoms with Gasteiger partial charge in [0.1, 0.15) is 17.7 Å². The van der Waals surface area contributed by atoms with Crippen LogP contribution in [0.3, 0.4) is 0 Å². The van der Waals surface area contributed by atoms with E-state index < -0.39 is 36.8 Å². The number of benzene rings is 2. The Kier molecular flexibility index (Phi) is 21.7. The van der Waals surface area contributed by atoms with Crippen LogP contribution >= 0.6 is 0 Å². The third-order valence-corrected chi connectivity index (χ3v) is 7.68. The molecule has 0 saturated carbocycles. The molecule has 1 fully saturated rings. The number of halogens is 2. The molecule has 2 aliphatic rings. The van der Waals surface area contributed by atoms with Crippen LogP contribution in [0.1, 0.15) is 102 Å². The van der Waals surface area contributed by atoms with Crippen molar-refractivity contribution in [2.45, 2.75) is 111 Å². The van der Waals surface area contributed by atoms with Crippen molar-refractivity contribution in [1.29, 1.82) is 0 Å². The zero-order valence-electron chi connectivity index (χ0n) is 29.0. The Morgan fingerprint density at radius 1 is 0.896 bits per heavy atom. The molecule has 1 unspecified atom stereocenters. The molecule has 2 aromatic carbocycles. The maximum atomic E-state index is 13.1. The van der Waals surface area contributed by atoms with Crippen molar-refractivity contribution in [2.75, 3.05) is 19.5 Å².